The Kier molecular flexibility index (Phi) is 5.28. The molecule has 7 heteroatoms. The second-order valence-electron chi connectivity index (χ2n) is 5.53. The highest BCUT2D eigenvalue weighted by atomic mass is 19.1. The van der Waals surface area contributed by atoms with Gasteiger partial charge in [-0.05, 0) is 35.9 Å². The van der Waals surface area contributed by atoms with Crippen molar-refractivity contribution < 1.29 is 19.0 Å². The predicted octanol–water partition coefficient (Wildman–Crippen LogP) is 3.75. The van der Waals surface area contributed by atoms with Crippen molar-refractivity contribution in [3.05, 3.63) is 77.6 Å². The number of benzene rings is 2. The molecule has 0 unspecified atom stereocenters. The van der Waals surface area contributed by atoms with Crippen LogP contribution in [0.25, 0.3) is 22.7 Å². The third kappa shape index (κ3) is 4.38. The number of hydrogen-bond donors (Lipinski definition) is 2. The number of hydrogen-bond acceptors (Lipinski definition) is 5. The van der Waals surface area contributed by atoms with Crippen molar-refractivity contribution in [3.63, 3.8) is 0 Å². The average molecular weight is 363 g/mol. The zero-order valence-corrected chi connectivity index (χ0v) is 14.0. The Labute approximate surface area is 153 Å². The summed E-state index contributed by atoms with van der Waals surface area (Å²) in [6.45, 7) is -0.480. The van der Waals surface area contributed by atoms with Gasteiger partial charge in [0, 0.05) is 6.08 Å². The number of rotatable bonds is 5. The number of esters is 1. The molecule has 3 rings (SSSR count). The van der Waals surface area contributed by atoms with Crippen LogP contribution in [0.5, 0.6) is 0 Å². The second-order valence-corrected chi connectivity index (χ2v) is 5.53. The number of aliphatic hydroxyl groups is 1. The number of nitriles is 1. The Morgan fingerprint density at radius 1 is 1.26 bits per heavy atom. The molecule has 0 saturated heterocycles. The topological polar surface area (TPSA) is 99.0 Å². The van der Waals surface area contributed by atoms with Gasteiger partial charge in [0.2, 0.25) is 0 Å². The van der Waals surface area contributed by atoms with E-state index in [1.54, 1.807) is 18.2 Å². The minimum Gasteiger partial charge on any atom is -0.507 e. The van der Waals surface area contributed by atoms with Crippen molar-refractivity contribution >= 4 is 28.7 Å². The monoisotopic (exact) mass is 363 g/mol. The van der Waals surface area contributed by atoms with Gasteiger partial charge in [0.25, 0.3) is 0 Å². The van der Waals surface area contributed by atoms with Crippen LogP contribution >= 0.6 is 0 Å². The minimum atomic E-state index is -0.715. The molecule has 0 amide bonds. The van der Waals surface area contributed by atoms with Crippen LogP contribution in [-0.4, -0.2) is 27.7 Å². The highest BCUT2D eigenvalue weighted by molar-refractivity contribution is 5.87. The van der Waals surface area contributed by atoms with Crippen molar-refractivity contribution in [1.82, 2.24) is 9.97 Å². The first-order valence-corrected chi connectivity index (χ1v) is 7.94. The first kappa shape index (κ1) is 17.9. The van der Waals surface area contributed by atoms with Gasteiger partial charge < -0.3 is 14.8 Å². The summed E-state index contributed by atoms with van der Waals surface area (Å²) in [5.74, 6) is -1.32. The molecule has 0 bridgehead atoms. The number of aromatic amines is 1. The third-order valence-corrected chi connectivity index (χ3v) is 3.66. The van der Waals surface area contributed by atoms with E-state index in [-0.39, 0.29) is 17.2 Å². The van der Waals surface area contributed by atoms with Crippen LogP contribution < -0.4 is 0 Å². The lowest BCUT2D eigenvalue weighted by Crippen LogP contribution is -2.06. The summed E-state index contributed by atoms with van der Waals surface area (Å²) in [5.41, 5.74) is 1.87. The highest BCUT2D eigenvalue weighted by Crippen LogP contribution is 2.18. The van der Waals surface area contributed by atoms with E-state index in [1.165, 1.54) is 30.3 Å². The quantitative estimate of drug-likeness (QED) is 0.311. The van der Waals surface area contributed by atoms with Crippen molar-refractivity contribution in [1.29, 1.82) is 5.26 Å². The number of halogens is 1. The molecule has 0 spiro atoms. The lowest BCUT2D eigenvalue weighted by atomic mass is 10.2. The zero-order chi connectivity index (χ0) is 19.2. The van der Waals surface area contributed by atoms with Gasteiger partial charge >= 0.3 is 5.97 Å². The number of imidazole rings is 1. The van der Waals surface area contributed by atoms with Crippen molar-refractivity contribution in [3.8, 4) is 6.07 Å². The van der Waals surface area contributed by atoms with Gasteiger partial charge in [-0.2, -0.15) is 5.26 Å². The van der Waals surface area contributed by atoms with E-state index in [9.17, 15) is 19.6 Å². The first-order valence-electron chi connectivity index (χ1n) is 7.94. The molecule has 0 atom stereocenters. The molecule has 2 N–H and O–H groups in total. The molecule has 134 valence electrons. The van der Waals surface area contributed by atoms with E-state index in [1.807, 2.05) is 12.1 Å². The van der Waals surface area contributed by atoms with Crippen molar-refractivity contribution in [2.75, 3.05) is 6.61 Å². The fourth-order valence-corrected chi connectivity index (χ4v) is 2.32. The maximum absolute atomic E-state index is 12.8. The molecule has 1 aromatic heterocycles. The molecule has 1 heterocycles. The van der Waals surface area contributed by atoms with Crippen LogP contribution in [0, 0.1) is 17.1 Å². The number of fused-ring (bicyclic) bond motifs is 1. The van der Waals surface area contributed by atoms with Crippen LogP contribution in [0.3, 0.4) is 0 Å². The normalized spacial score (nSPS) is 12.0. The summed E-state index contributed by atoms with van der Waals surface area (Å²) >= 11 is 0. The summed E-state index contributed by atoms with van der Waals surface area (Å²) < 4.78 is 17.8. The number of aromatic nitrogens is 2. The van der Waals surface area contributed by atoms with Gasteiger partial charge in [0.1, 0.15) is 24.1 Å². The number of carbonyl (C=O) groups excluding carboxylic acids is 1. The molecule has 2 aromatic carbocycles. The summed E-state index contributed by atoms with van der Waals surface area (Å²) in [7, 11) is 0. The largest absolute Gasteiger partial charge is 0.507 e. The Morgan fingerprint density at radius 2 is 2.00 bits per heavy atom. The van der Waals surface area contributed by atoms with Gasteiger partial charge in [-0.3, -0.25) is 0 Å². The SMILES string of the molecule is N#C/C(=C(/O)COC(=O)C=Cc1ccc(F)cc1)c1nc2ccccc2[nH]1. The van der Waals surface area contributed by atoms with Crippen LogP contribution in [0.2, 0.25) is 0 Å². The van der Waals surface area contributed by atoms with E-state index in [0.29, 0.717) is 16.6 Å². The van der Waals surface area contributed by atoms with E-state index >= 15 is 0 Å². The summed E-state index contributed by atoms with van der Waals surface area (Å²) in [6, 6.07) is 14.6. The second kappa shape index (κ2) is 7.97. The smallest absolute Gasteiger partial charge is 0.331 e. The molecule has 0 saturated carbocycles. The summed E-state index contributed by atoms with van der Waals surface area (Å²) in [5, 5.41) is 19.4. The molecule has 0 fully saturated rings. The zero-order valence-electron chi connectivity index (χ0n) is 14.0. The van der Waals surface area contributed by atoms with E-state index in [0.717, 1.165) is 6.08 Å². The molecular formula is C20H14FN3O3. The predicted molar refractivity (Wildman–Crippen MR) is 97.6 cm³/mol. The molecule has 6 nitrogen and oxygen atoms in total. The Hall–Kier alpha value is -3.92. The number of aliphatic hydroxyl groups excluding tert-OH is 1. The van der Waals surface area contributed by atoms with Gasteiger partial charge in [-0.15, -0.1) is 0 Å². The first-order chi connectivity index (χ1) is 13.1. The highest BCUT2D eigenvalue weighted by Gasteiger charge is 2.14. The van der Waals surface area contributed by atoms with Gasteiger partial charge in [-0.25, -0.2) is 14.2 Å². The van der Waals surface area contributed by atoms with Crippen molar-refractivity contribution in [2.45, 2.75) is 0 Å². The fraction of sp³-hybridized carbons (Fsp3) is 0.0500. The molecule has 0 aliphatic rings. The minimum absolute atomic E-state index is 0.110. The number of nitrogens with one attached hydrogen (secondary N) is 1. The fourth-order valence-electron chi connectivity index (χ4n) is 2.32. The molecule has 27 heavy (non-hydrogen) atoms. The van der Waals surface area contributed by atoms with E-state index in [2.05, 4.69) is 9.97 Å². The lowest BCUT2D eigenvalue weighted by molar-refractivity contribution is -0.137. The number of para-hydroxylation sites is 2. The van der Waals surface area contributed by atoms with Gasteiger partial charge in [0.15, 0.2) is 11.6 Å². The molecule has 0 radical (unpaired) electrons. The van der Waals surface area contributed by atoms with Crippen LogP contribution in [0.1, 0.15) is 11.4 Å². The van der Waals surface area contributed by atoms with Gasteiger partial charge in [0.05, 0.1) is 11.0 Å². The Balaban J connectivity index is 1.68. The molecular weight excluding hydrogens is 349 g/mol. The van der Waals surface area contributed by atoms with Gasteiger partial charge in [-0.1, -0.05) is 24.3 Å². The van der Waals surface area contributed by atoms with Crippen LogP contribution in [0.15, 0.2) is 60.4 Å². The number of carbonyl (C=O) groups is 1. The average Bonchev–Trinajstić information content (AvgIpc) is 3.10. The van der Waals surface area contributed by atoms with Crippen LogP contribution in [-0.2, 0) is 9.53 Å². The van der Waals surface area contributed by atoms with Crippen LogP contribution in [0.4, 0.5) is 4.39 Å². The van der Waals surface area contributed by atoms with E-state index < -0.39 is 18.3 Å². The summed E-state index contributed by atoms with van der Waals surface area (Å²) in [4.78, 5) is 18.9. The Bertz CT molecular complexity index is 1040. The maximum atomic E-state index is 12.8. The van der Waals surface area contributed by atoms with Crippen molar-refractivity contribution in [2.24, 2.45) is 0 Å². The standard InChI is InChI=1S/C20H14FN3O3/c21-14-8-5-13(6-9-14)7-10-19(26)27-12-18(25)15(11-22)20-23-16-3-1-2-4-17(16)24-20/h1-10,25H,12H2,(H,23,24)/b10-7?,18-15-. The molecule has 0 aliphatic carbocycles. The number of nitrogens with zero attached hydrogens (tertiary/aromatic N) is 2. The molecule has 3 aromatic rings. The number of allylic oxidation sites excluding steroid dienone is 1. The maximum Gasteiger partial charge on any atom is 0.331 e. The lowest BCUT2D eigenvalue weighted by Gasteiger charge is -2.03. The molecule has 0 aliphatic heterocycles. The van der Waals surface area contributed by atoms with E-state index in [4.69, 9.17) is 4.74 Å². The Morgan fingerprint density at radius 3 is 2.70 bits per heavy atom. The number of H-pyrrole nitrogens is 1. The summed E-state index contributed by atoms with van der Waals surface area (Å²) in [6.07, 6.45) is 2.60. The number of ether oxygens (including phenoxy) is 1. The third-order valence-electron chi connectivity index (χ3n) is 3.66.